The van der Waals surface area contributed by atoms with Crippen LogP contribution in [0, 0.1) is 6.92 Å². The Morgan fingerprint density at radius 1 is 1.22 bits per heavy atom. The zero-order valence-corrected chi connectivity index (χ0v) is 12.1. The van der Waals surface area contributed by atoms with Crippen LogP contribution in [-0.2, 0) is 4.74 Å². The molecule has 1 unspecified atom stereocenters. The summed E-state index contributed by atoms with van der Waals surface area (Å²) in [6.07, 6.45) is 0. The van der Waals surface area contributed by atoms with Crippen LogP contribution in [0.5, 0.6) is 5.75 Å². The second-order valence-corrected chi connectivity index (χ2v) is 5.62. The molecule has 3 nitrogen and oxygen atoms in total. The van der Waals surface area contributed by atoms with Crippen molar-refractivity contribution in [3.05, 3.63) is 29.3 Å². The van der Waals surface area contributed by atoms with Gasteiger partial charge in [0.2, 0.25) is 0 Å². The molecule has 0 spiro atoms. The van der Waals surface area contributed by atoms with Crippen molar-refractivity contribution in [3.8, 4) is 5.75 Å². The standard InChI is InChI=1S/C15H25NO2/c1-11-10-13(12(2)16)6-7-14(11)17-8-9-18-15(3,4)5/h6-7,10,12H,8-9,16H2,1-5H3. The van der Waals surface area contributed by atoms with Crippen LogP contribution in [0.25, 0.3) is 0 Å². The van der Waals surface area contributed by atoms with Gasteiger partial charge in [-0.1, -0.05) is 12.1 Å². The summed E-state index contributed by atoms with van der Waals surface area (Å²) in [7, 11) is 0. The Bertz CT molecular complexity index is 381. The SMILES string of the molecule is Cc1cc(C(C)N)ccc1OCCOC(C)(C)C. The van der Waals surface area contributed by atoms with Gasteiger partial charge >= 0.3 is 0 Å². The highest BCUT2D eigenvalue weighted by molar-refractivity contribution is 5.37. The molecule has 0 bridgehead atoms. The molecule has 1 rings (SSSR count). The Morgan fingerprint density at radius 3 is 2.39 bits per heavy atom. The molecular formula is C15H25NO2. The van der Waals surface area contributed by atoms with Crippen LogP contribution in [0.15, 0.2) is 18.2 Å². The molecule has 0 heterocycles. The van der Waals surface area contributed by atoms with Gasteiger partial charge < -0.3 is 15.2 Å². The highest BCUT2D eigenvalue weighted by atomic mass is 16.5. The molecule has 0 aliphatic carbocycles. The van der Waals surface area contributed by atoms with E-state index in [9.17, 15) is 0 Å². The van der Waals surface area contributed by atoms with Gasteiger partial charge in [0, 0.05) is 6.04 Å². The number of benzene rings is 1. The second-order valence-electron chi connectivity index (χ2n) is 5.62. The summed E-state index contributed by atoms with van der Waals surface area (Å²) in [5.41, 5.74) is 7.97. The molecule has 18 heavy (non-hydrogen) atoms. The van der Waals surface area contributed by atoms with Gasteiger partial charge in [0.1, 0.15) is 12.4 Å². The van der Waals surface area contributed by atoms with Crippen LogP contribution in [0.2, 0.25) is 0 Å². The number of nitrogens with two attached hydrogens (primary N) is 1. The molecule has 0 saturated heterocycles. The Hall–Kier alpha value is -1.06. The van der Waals surface area contributed by atoms with E-state index in [4.69, 9.17) is 15.2 Å². The van der Waals surface area contributed by atoms with Crippen molar-refractivity contribution in [2.45, 2.75) is 46.3 Å². The van der Waals surface area contributed by atoms with Crippen LogP contribution in [0.3, 0.4) is 0 Å². The Labute approximate surface area is 110 Å². The fourth-order valence-corrected chi connectivity index (χ4v) is 1.62. The lowest BCUT2D eigenvalue weighted by atomic mass is 10.1. The van der Waals surface area contributed by atoms with E-state index < -0.39 is 0 Å². The zero-order valence-electron chi connectivity index (χ0n) is 12.1. The summed E-state index contributed by atoms with van der Waals surface area (Å²) in [5, 5.41) is 0. The predicted molar refractivity (Wildman–Crippen MR) is 75.0 cm³/mol. The van der Waals surface area contributed by atoms with E-state index in [1.807, 2.05) is 46.8 Å². The minimum absolute atomic E-state index is 0.0574. The van der Waals surface area contributed by atoms with Crippen LogP contribution >= 0.6 is 0 Å². The smallest absolute Gasteiger partial charge is 0.122 e. The van der Waals surface area contributed by atoms with Gasteiger partial charge in [-0.3, -0.25) is 0 Å². The Morgan fingerprint density at radius 2 is 1.89 bits per heavy atom. The molecule has 0 amide bonds. The van der Waals surface area contributed by atoms with Gasteiger partial charge in [-0.2, -0.15) is 0 Å². The lowest BCUT2D eigenvalue weighted by molar-refractivity contribution is -0.0163. The molecule has 3 heteroatoms. The molecule has 0 aliphatic rings. The summed E-state index contributed by atoms with van der Waals surface area (Å²) >= 11 is 0. The number of ether oxygens (including phenoxy) is 2. The minimum atomic E-state index is -0.114. The van der Waals surface area contributed by atoms with Crippen molar-refractivity contribution in [1.29, 1.82) is 0 Å². The third-order valence-electron chi connectivity index (χ3n) is 2.60. The molecule has 0 aromatic heterocycles. The van der Waals surface area contributed by atoms with Crippen molar-refractivity contribution in [2.75, 3.05) is 13.2 Å². The van der Waals surface area contributed by atoms with E-state index in [2.05, 4.69) is 6.07 Å². The van der Waals surface area contributed by atoms with Crippen LogP contribution in [0.1, 0.15) is 44.9 Å². The van der Waals surface area contributed by atoms with E-state index in [1.54, 1.807) is 0 Å². The van der Waals surface area contributed by atoms with Gasteiger partial charge in [-0.05, 0) is 51.8 Å². The summed E-state index contributed by atoms with van der Waals surface area (Å²) < 4.78 is 11.3. The molecule has 1 atom stereocenters. The maximum Gasteiger partial charge on any atom is 0.122 e. The van der Waals surface area contributed by atoms with Gasteiger partial charge in [-0.15, -0.1) is 0 Å². The topological polar surface area (TPSA) is 44.5 Å². The van der Waals surface area contributed by atoms with E-state index >= 15 is 0 Å². The normalized spacial score (nSPS) is 13.4. The van der Waals surface area contributed by atoms with Crippen molar-refractivity contribution in [1.82, 2.24) is 0 Å². The molecular weight excluding hydrogens is 226 g/mol. The fraction of sp³-hybridized carbons (Fsp3) is 0.600. The molecule has 1 aromatic carbocycles. The Kier molecular flexibility index (Phi) is 5.17. The van der Waals surface area contributed by atoms with Gasteiger partial charge in [0.25, 0.3) is 0 Å². The average Bonchev–Trinajstić information content (AvgIpc) is 2.24. The van der Waals surface area contributed by atoms with Gasteiger partial charge in [0.15, 0.2) is 0 Å². The summed E-state index contributed by atoms with van der Waals surface area (Å²) in [6, 6.07) is 6.12. The Balaban J connectivity index is 2.48. The molecule has 0 fully saturated rings. The fourth-order valence-electron chi connectivity index (χ4n) is 1.62. The zero-order chi connectivity index (χ0) is 13.8. The minimum Gasteiger partial charge on any atom is -0.491 e. The molecule has 0 radical (unpaired) electrons. The summed E-state index contributed by atoms with van der Waals surface area (Å²) in [5.74, 6) is 0.900. The monoisotopic (exact) mass is 251 g/mol. The molecule has 1 aromatic rings. The van der Waals surface area contributed by atoms with E-state index in [-0.39, 0.29) is 11.6 Å². The molecule has 2 N–H and O–H groups in total. The quantitative estimate of drug-likeness (QED) is 0.817. The first-order chi connectivity index (χ1) is 8.29. The first-order valence-corrected chi connectivity index (χ1v) is 6.42. The highest BCUT2D eigenvalue weighted by Gasteiger charge is 2.10. The third-order valence-corrected chi connectivity index (χ3v) is 2.60. The average molecular weight is 251 g/mol. The molecule has 0 aliphatic heterocycles. The van der Waals surface area contributed by atoms with Crippen molar-refractivity contribution >= 4 is 0 Å². The van der Waals surface area contributed by atoms with Crippen LogP contribution in [-0.4, -0.2) is 18.8 Å². The van der Waals surface area contributed by atoms with Crippen molar-refractivity contribution < 1.29 is 9.47 Å². The van der Waals surface area contributed by atoms with Crippen molar-refractivity contribution in [3.63, 3.8) is 0 Å². The summed E-state index contributed by atoms with van der Waals surface area (Å²) in [4.78, 5) is 0. The van der Waals surface area contributed by atoms with Gasteiger partial charge in [0.05, 0.1) is 12.2 Å². The van der Waals surface area contributed by atoms with Crippen LogP contribution in [0.4, 0.5) is 0 Å². The van der Waals surface area contributed by atoms with E-state index in [1.165, 1.54) is 0 Å². The number of hydrogen-bond donors (Lipinski definition) is 1. The highest BCUT2D eigenvalue weighted by Crippen LogP contribution is 2.21. The maximum atomic E-state index is 5.84. The predicted octanol–water partition coefficient (Wildman–Crippen LogP) is 3.21. The summed E-state index contributed by atoms with van der Waals surface area (Å²) in [6.45, 7) is 11.3. The van der Waals surface area contributed by atoms with Crippen molar-refractivity contribution in [2.24, 2.45) is 5.73 Å². The first kappa shape index (κ1) is 15.0. The second kappa shape index (κ2) is 6.21. The van der Waals surface area contributed by atoms with E-state index in [0.29, 0.717) is 13.2 Å². The number of hydrogen-bond acceptors (Lipinski definition) is 3. The number of rotatable bonds is 5. The molecule has 102 valence electrons. The van der Waals surface area contributed by atoms with Crippen LogP contribution < -0.4 is 10.5 Å². The first-order valence-electron chi connectivity index (χ1n) is 6.42. The largest absolute Gasteiger partial charge is 0.491 e. The third kappa shape index (κ3) is 5.07. The lowest BCUT2D eigenvalue weighted by Crippen LogP contribution is -2.22. The number of aryl methyl sites for hydroxylation is 1. The maximum absolute atomic E-state index is 5.84. The lowest BCUT2D eigenvalue weighted by Gasteiger charge is -2.20. The van der Waals surface area contributed by atoms with Gasteiger partial charge in [-0.25, -0.2) is 0 Å². The molecule has 0 saturated carbocycles. The van der Waals surface area contributed by atoms with E-state index in [0.717, 1.165) is 16.9 Å².